The fourth-order valence-corrected chi connectivity index (χ4v) is 4.10. The third kappa shape index (κ3) is 4.41. The van der Waals surface area contributed by atoms with E-state index in [2.05, 4.69) is 16.4 Å². The first-order chi connectivity index (χ1) is 13.3. The van der Waals surface area contributed by atoms with Gasteiger partial charge in [0.15, 0.2) is 0 Å². The number of nitrogens with one attached hydrogen (secondary N) is 1. The summed E-state index contributed by atoms with van der Waals surface area (Å²) in [5, 5.41) is 3.51. The highest BCUT2D eigenvalue weighted by molar-refractivity contribution is 5.68. The molecule has 142 valence electrons. The second-order valence-corrected chi connectivity index (χ2v) is 7.49. The Hall–Kier alpha value is -2.56. The van der Waals surface area contributed by atoms with Gasteiger partial charge in [0.1, 0.15) is 12.4 Å². The van der Waals surface area contributed by atoms with Crippen molar-refractivity contribution in [1.82, 2.24) is 9.88 Å². The van der Waals surface area contributed by atoms with Crippen LogP contribution in [0.4, 0.5) is 10.6 Å². The van der Waals surface area contributed by atoms with Gasteiger partial charge in [-0.05, 0) is 42.9 Å². The van der Waals surface area contributed by atoms with E-state index in [0.717, 1.165) is 36.3 Å². The van der Waals surface area contributed by atoms with Crippen LogP contribution in [-0.2, 0) is 11.3 Å². The summed E-state index contributed by atoms with van der Waals surface area (Å²) < 4.78 is 5.53. The van der Waals surface area contributed by atoms with Crippen molar-refractivity contribution in [3.05, 3.63) is 59.8 Å². The van der Waals surface area contributed by atoms with Crippen molar-refractivity contribution in [2.75, 3.05) is 11.9 Å². The first-order valence-electron chi connectivity index (χ1n) is 9.99. The van der Waals surface area contributed by atoms with Crippen molar-refractivity contribution in [1.29, 1.82) is 0 Å². The molecule has 2 aliphatic rings. The van der Waals surface area contributed by atoms with Gasteiger partial charge in [-0.3, -0.25) is 0 Å². The zero-order chi connectivity index (χ0) is 18.5. The lowest BCUT2D eigenvalue weighted by Crippen LogP contribution is -2.31. The highest BCUT2D eigenvalue weighted by Crippen LogP contribution is 2.32. The van der Waals surface area contributed by atoms with Crippen LogP contribution >= 0.6 is 0 Å². The third-order valence-corrected chi connectivity index (χ3v) is 5.57. The highest BCUT2D eigenvalue weighted by atomic mass is 16.6. The molecular weight excluding hydrogens is 338 g/mol. The molecule has 27 heavy (non-hydrogen) atoms. The molecule has 1 N–H and O–H groups in total. The van der Waals surface area contributed by atoms with E-state index < -0.39 is 0 Å². The topological polar surface area (TPSA) is 54.5 Å². The van der Waals surface area contributed by atoms with Crippen LogP contribution in [0, 0.1) is 0 Å². The van der Waals surface area contributed by atoms with Crippen LogP contribution in [0.15, 0.2) is 48.7 Å². The second-order valence-electron chi connectivity index (χ2n) is 7.49. The SMILES string of the molecule is O=C(OCc1ccccc1)N1CCC[C@@H]1c1ccc(NC2CCCC2)nc1. The molecule has 1 saturated carbocycles. The Balaban J connectivity index is 1.36. The van der Waals surface area contributed by atoms with E-state index in [1.807, 2.05) is 47.5 Å². The van der Waals surface area contributed by atoms with Crippen molar-refractivity contribution in [2.24, 2.45) is 0 Å². The number of amides is 1. The van der Waals surface area contributed by atoms with E-state index in [1.165, 1.54) is 25.7 Å². The van der Waals surface area contributed by atoms with Gasteiger partial charge in [-0.2, -0.15) is 0 Å². The van der Waals surface area contributed by atoms with Crippen LogP contribution in [0.1, 0.15) is 55.7 Å². The summed E-state index contributed by atoms with van der Waals surface area (Å²) in [6.45, 7) is 1.05. The van der Waals surface area contributed by atoms with Gasteiger partial charge < -0.3 is 15.0 Å². The van der Waals surface area contributed by atoms with E-state index in [4.69, 9.17) is 4.74 Å². The molecule has 0 spiro atoms. The molecule has 0 unspecified atom stereocenters. The second kappa shape index (κ2) is 8.42. The van der Waals surface area contributed by atoms with Gasteiger partial charge in [-0.25, -0.2) is 9.78 Å². The van der Waals surface area contributed by atoms with Gasteiger partial charge in [0, 0.05) is 18.8 Å². The maximum atomic E-state index is 12.6. The van der Waals surface area contributed by atoms with Crippen LogP contribution in [0.5, 0.6) is 0 Å². The summed E-state index contributed by atoms with van der Waals surface area (Å²) in [6, 6.07) is 14.5. The summed E-state index contributed by atoms with van der Waals surface area (Å²) in [5.74, 6) is 0.932. The molecule has 1 saturated heterocycles. The minimum atomic E-state index is -0.241. The molecule has 1 aromatic heterocycles. The molecule has 5 heteroatoms. The van der Waals surface area contributed by atoms with Gasteiger partial charge in [-0.1, -0.05) is 49.2 Å². The molecule has 0 bridgehead atoms. The van der Waals surface area contributed by atoms with Gasteiger partial charge in [-0.15, -0.1) is 0 Å². The molecule has 2 heterocycles. The molecular formula is C22H27N3O2. The molecule has 1 atom stereocenters. The monoisotopic (exact) mass is 365 g/mol. The summed E-state index contributed by atoms with van der Waals surface area (Å²) in [4.78, 5) is 19.0. The number of nitrogens with zero attached hydrogens (tertiary/aromatic N) is 2. The molecule has 4 rings (SSSR count). The molecule has 5 nitrogen and oxygen atoms in total. The zero-order valence-electron chi connectivity index (χ0n) is 15.6. The van der Waals surface area contributed by atoms with E-state index in [9.17, 15) is 4.79 Å². The van der Waals surface area contributed by atoms with Crippen LogP contribution < -0.4 is 5.32 Å². The third-order valence-electron chi connectivity index (χ3n) is 5.57. The lowest BCUT2D eigenvalue weighted by Gasteiger charge is -2.24. The average molecular weight is 365 g/mol. The Kier molecular flexibility index (Phi) is 5.56. The fraction of sp³-hybridized carbons (Fsp3) is 0.455. The van der Waals surface area contributed by atoms with Crippen molar-refractivity contribution in [3.63, 3.8) is 0 Å². The van der Waals surface area contributed by atoms with E-state index in [0.29, 0.717) is 12.6 Å². The number of likely N-dealkylation sites (tertiary alicyclic amines) is 1. The average Bonchev–Trinajstić information content (AvgIpc) is 3.40. The summed E-state index contributed by atoms with van der Waals surface area (Å²) >= 11 is 0. The first-order valence-corrected chi connectivity index (χ1v) is 9.99. The number of benzene rings is 1. The number of ether oxygens (including phenoxy) is 1. The van der Waals surface area contributed by atoms with Crippen LogP contribution in [-0.4, -0.2) is 28.6 Å². The lowest BCUT2D eigenvalue weighted by molar-refractivity contribution is 0.0920. The molecule has 1 aliphatic heterocycles. The minimum absolute atomic E-state index is 0.0568. The number of carbonyl (C=O) groups is 1. The van der Waals surface area contributed by atoms with Crippen molar-refractivity contribution < 1.29 is 9.53 Å². The van der Waals surface area contributed by atoms with Crippen LogP contribution in [0.25, 0.3) is 0 Å². The predicted molar refractivity (Wildman–Crippen MR) is 105 cm³/mol. The van der Waals surface area contributed by atoms with E-state index in [-0.39, 0.29) is 12.1 Å². The quantitative estimate of drug-likeness (QED) is 0.818. The minimum Gasteiger partial charge on any atom is -0.445 e. The molecule has 2 fully saturated rings. The maximum absolute atomic E-state index is 12.6. The van der Waals surface area contributed by atoms with Crippen molar-refractivity contribution in [3.8, 4) is 0 Å². The highest BCUT2D eigenvalue weighted by Gasteiger charge is 2.31. The molecule has 1 aliphatic carbocycles. The van der Waals surface area contributed by atoms with E-state index in [1.54, 1.807) is 0 Å². The smallest absolute Gasteiger partial charge is 0.410 e. The van der Waals surface area contributed by atoms with Crippen molar-refractivity contribution in [2.45, 2.75) is 57.2 Å². The molecule has 0 radical (unpaired) electrons. The maximum Gasteiger partial charge on any atom is 0.410 e. The molecule has 1 amide bonds. The summed E-state index contributed by atoms with van der Waals surface area (Å²) in [6.07, 6.45) is 8.68. The lowest BCUT2D eigenvalue weighted by atomic mass is 10.1. The number of hydrogen-bond donors (Lipinski definition) is 1. The van der Waals surface area contributed by atoms with Crippen LogP contribution in [0.3, 0.4) is 0 Å². The number of anilines is 1. The Bertz CT molecular complexity index is 742. The number of hydrogen-bond acceptors (Lipinski definition) is 4. The van der Waals surface area contributed by atoms with Crippen LogP contribution in [0.2, 0.25) is 0 Å². The molecule has 1 aromatic carbocycles. The number of carbonyl (C=O) groups excluding carboxylic acids is 1. The summed E-state index contributed by atoms with van der Waals surface area (Å²) in [7, 11) is 0. The van der Waals surface area contributed by atoms with E-state index >= 15 is 0 Å². The Labute approximate surface area is 160 Å². The Morgan fingerprint density at radius 1 is 1.07 bits per heavy atom. The van der Waals surface area contributed by atoms with Gasteiger partial charge in [0.05, 0.1) is 6.04 Å². The predicted octanol–water partition coefficient (Wildman–Crippen LogP) is 4.91. The number of pyridine rings is 1. The normalized spacial score (nSPS) is 20.0. The zero-order valence-corrected chi connectivity index (χ0v) is 15.6. The number of rotatable bonds is 5. The standard InChI is InChI=1S/C22H27N3O2/c26-22(27-16-17-7-2-1-3-8-17)25-14-6-11-20(25)18-12-13-21(23-15-18)24-19-9-4-5-10-19/h1-3,7-8,12-13,15,19-20H,4-6,9-11,14,16H2,(H,23,24)/t20-/m1/s1. The first kappa shape index (κ1) is 17.8. The van der Waals surface area contributed by atoms with Crippen molar-refractivity contribution >= 4 is 11.9 Å². The number of aromatic nitrogens is 1. The van der Waals surface area contributed by atoms with Gasteiger partial charge >= 0.3 is 6.09 Å². The van der Waals surface area contributed by atoms with Gasteiger partial charge in [0.25, 0.3) is 0 Å². The molecule has 2 aromatic rings. The Morgan fingerprint density at radius 3 is 2.63 bits per heavy atom. The Morgan fingerprint density at radius 2 is 1.89 bits per heavy atom. The summed E-state index contributed by atoms with van der Waals surface area (Å²) in [5.41, 5.74) is 2.09. The van der Waals surface area contributed by atoms with Gasteiger partial charge in [0.2, 0.25) is 0 Å². The fourth-order valence-electron chi connectivity index (χ4n) is 4.10. The largest absolute Gasteiger partial charge is 0.445 e.